The molecule has 84 valence electrons. The highest BCUT2D eigenvalue weighted by molar-refractivity contribution is 5.36. The van der Waals surface area contributed by atoms with Crippen molar-refractivity contribution in [3.63, 3.8) is 0 Å². The average Bonchev–Trinajstić information content (AvgIpc) is 2.59. The minimum absolute atomic E-state index is 0.345. The molecule has 2 aromatic rings. The van der Waals surface area contributed by atoms with Crippen molar-refractivity contribution in [1.82, 2.24) is 10.1 Å². The fraction of sp³-hybridized carbons (Fsp3) is 0.273. The van der Waals surface area contributed by atoms with Crippen LogP contribution in [0.2, 0.25) is 0 Å². The van der Waals surface area contributed by atoms with Crippen molar-refractivity contribution in [2.24, 2.45) is 0 Å². The van der Waals surface area contributed by atoms with Crippen LogP contribution in [0.15, 0.2) is 22.9 Å². The van der Waals surface area contributed by atoms with Crippen LogP contribution in [0.4, 0.5) is 10.2 Å². The van der Waals surface area contributed by atoms with E-state index in [0.717, 1.165) is 17.0 Å². The molecule has 0 aliphatic carbocycles. The van der Waals surface area contributed by atoms with Gasteiger partial charge in [-0.25, -0.2) is 9.37 Å². The van der Waals surface area contributed by atoms with Gasteiger partial charge in [-0.2, -0.15) is 0 Å². The highest BCUT2D eigenvalue weighted by atomic mass is 19.1. The molecule has 4 nitrogen and oxygen atoms in total. The Morgan fingerprint density at radius 3 is 2.75 bits per heavy atom. The monoisotopic (exact) mass is 221 g/mol. The maximum atomic E-state index is 12.6. The van der Waals surface area contributed by atoms with Crippen molar-refractivity contribution in [1.29, 1.82) is 0 Å². The average molecular weight is 221 g/mol. The number of halogens is 1. The van der Waals surface area contributed by atoms with Crippen molar-refractivity contribution < 1.29 is 8.91 Å². The van der Waals surface area contributed by atoms with Gasteiger partial charge in [-0.15, -0.1) is 0 Å². The van der Waals surface area contributed by atoms with E-state index in [2.05, 4.69) is 15.5 Å². The van der Waals surface area contributed by atoms with Crippen LogP contribution in [-0.2, 0) is 6.54 Å². The van der Waals surface area contributed by atoms with Gasteiger partial charge in [0, 0.05) is 12.1 Å². The van der Waals surface area contributed by atoms with Crippen LogP contribution < -0.4 is 5.32 Å². The second-order valence-electron chi connectivity index (χ2n) is 3.52. The third kappa shape index (κ3) is 2.18. The van der Waals surface area contributed by atoms with E-state index >= 15 is 0 Å². The summed E-state index contributed by atoms with van der Waals surface area (Å²) in [5.41, 5.74) is 1.86. The van der Waals surface area contributed by atoms with Crippen molar-refractivity contribution >= 4 is 5.82 Å². The standard InChI is InChI=1S/C11H12FN3O/c1-7-10(8(2)16-15-7)6-14-11-4-3-9(12)5-13-11/h3-5H,6H2,1-2H3,(H,13,14). The van der Waals surface area contributed by atoms with Gasteiger partial charge < -0.3 is 9.84 Å². The maximum absolute atomic E-state index is 12.6. The molecule has 0 amide bonds. The zero-order valence-corrected chi connectivity index (χ0v) is 9.12. The molecule has 0 aromatic carbocycles. The van der Waals surface area contributed by atoms with Crippen molar-refractivity contribution in [2.75, 3.05) is 5.32 Å². The summed E-state index contributed by atoms with van der Waals surface area (Å²) < 4.78 is 17.6. The van der Waals surface area contributed by atoms with Crippen LogP contribution in [0, 0.1) is 19.7 Å². The third-order valence-electron chi connectivity index (χ3n) is 2.35. The van der Waals surface area contributed by atoms with E-state index in [9.17, 15) is 4.39 Å². The molecular formula is C11H12FN3O. The molecule has 0 atom stereocenters. The first-order chi connectivity index (χ1) is 7.66. The molecule has 0 saturated heterocycles. The van der Waals surface area contributed by atoms with Gasteiger partial charge >= 0.3 is 0 Å². The molecule has 2 aromatic heterocycles. The summed E-state index contributed by atoms with van der Waals surface area (Å²) in [6.07, 6.45) is 1.18. The van der Waals surface area contributed by atoms with E-state index in [1.165, 1.54) is 12.3 Å². The van der Waals surface area contributed by atoms with Gasteiger partial charge in [-0.3, -0.25) is 0 Å². The summed E-state index contributed by atoms with van der Waals surface area (Å²) in [4.78, 5) is 3.90. The molecule has 0 fully saturated rings. The van der Waals surface area contributed by atoms with E-state index in [1.54, 1.807) is 6.07 Å². The minimum Gasteiger partial charge on any atom is -0.366 e. The lowest BCUT2D eigenvalue weighted by atomic mass is 10.2. The SMILES string of the molecule is Cc1noc(C)c1CNc1ccc(F)cn1. The number of hydrogen-bond acceptors (Lipinski definition) is 4. The Balaban J connectivity index is 2.05. The summed E-state index contributed by atoms with van der Waals surface area (Å²) in [5.74, 6) is 1.07. The molecule has 0 bridgehead atoms. The third-order valence-corrected chi connectivity index (χ3v) is 2.35. The second kappa shape index (κ2) is 4.30. The zero-order chi connectivity index (χ0) is 11.5. The van der Waals surface area contributed by atoms with Gasteiger partial charge in [0.2, 0.25) is 0 Å². The molecule has 0 radical (unpaired) electrons. The van der Waals surface area contributed by atoms with Crippen LogP contribution in [-0.4, -0.2) is 10.1 Å². The summed E-state index contributed by atoms with van der Waals surface area (Å²) in [5, 5.41) is 6.93. The molecule has 0 unspecified atom stereocenters. The van der Waals surface area contributed by atoms with Crippen molar-refractivity contribution in [3.05, 3.63) is 41.2 Å². The number of hydrogen-bond donors (Lipinski definition) is 1. The Labute approximate surface area is 92.5 Å². The Morgan fingerprint density at radius 2 is 2.19 bits per heavy atom. The number of rotatable bonds is 3. The topological polar surface area (TPSA) is 51.0 Å². The smallest absolute Gasteiger partial charge is 0.141 e. The Kier molecular flexibility index (Phi) is 2.85. The lowest BCUT2D eigenvalue weighted by Crippen LogP contribution is -2.02. The summed E-state index contributed by atoms with van der Waals surface area (Å²) in [6.45, 7) is 4.31. The minimum atomic E-state index is -0.345. The van der Waals surface area contributed by atoms with Crippen LogP contribution in [0.5, 0.6) is 0 Å². The van der Waals surface area contributed by atoms with Gasteiger partial charge in [-0.05, 0) is 26.0 Å². The van der Waals surface area contributed by atoms with Gasteiger partial charge in [0.05, 0.1) is 11.9 Å². The van der Waals surface area contributed by atoms with Crippen LogP contribution in [0.3, 0.4) is 0 Å². The highest BCUT2D eigenvalue weighted by Crippen LogP contribution is 2.14. The largest absolute Gasteiger partial charge is 0.366 e. The van der Waals surface area contributed by atoms with Crippen LogP contribution >= 0.6 is 0 Å². The van der Waals surface area contributed by atoms with Gasteiger partial charge in [0.15, 0.2) is 0 Å². The maximum Gasteiger partial charge on any atom is 0.141 e. The summed E-state index contributed by atoms with van der Waals surface area (Å²) in [6, 6.07) is 2.95. The molecule has 2 rings (SSSR count). The van der Waals surface area contributed by atoms with Crippen LogP contribution in [0.25, 0.3) is 0 Å². The fourth-order valence-corrected chi connectivity index (χ4v) is 1.41. The highest BCUT2D eigenvalue weighted by Gasteiger charge is 2.08. The molecule has 5 heteroatoms. The van der Waals surface area contributed by atoms with Crippen molar-refractivity contribution in [2.45, 2.75) is 20.4 Å². The number of anilines is 1. The molecule has 0 aliphatic heterocycles. The van der Waals surface area contributed by atoms with E-state index in [-0.39, 0.29) is 5.82 Å². The number of nitrogens with zero attached hydrogens (tertiary/aromatic N) is 2. The molecule has 1 N–H and O–H groups in total. The lowest BCUT2D eigenvalue weighted by Gasteiger charge is -2.04. The molecule has 16 heavy (non-hydrogen) atoms. The van der Waals surface area contributed by atoms with E-state index < -0.39 is 0 Å². The van der Waals surface area contributed by atoms with Crippen molar-refractivity contribution in [3.8, 4) is 0 Å². The zero-order valence-electron chi connectivity index (χ0n) is 9.12. The number of nitrogens with one attached hydrogen (secondary N) is 1. The molecule has 2 heterocycles. The van der Waals surface area contributed by atoms with Gasteiger partial charge in [0.1, 0.15) is 17.4 Å². The Hall–Kier alpha value is -1.91. The molecule has 0 saturated carbocycles. The first-order valence-electron chi connectivity index (χ1n) is 4.94. The Morgan fingerprint density at radius 1 is 1.38 bits per heavy atom. The fourth-order valence-electron chi connectivity index (χ4n) is 1.41. The molecule has 0 aliphatic rings. The normalized spacial score (nSPS) is 10.4. The van der Waals surface area contributed by atoms with E-state index in [0.29, 0.717) is 12.4 Å². The summed E-state index contributed by atoms with van der Waals surface area (Å²) in [7, 11) is 0. The number of aromatic nitrogens is 2. The summed E-state index contributed by atoms with van der Waals surface area (Å²) >= 11 is 0. The first-order valence-corrected chi connectivity index (χ1v) is 4.94. The van der Waals surface area contributed by atoms with E-state index in [1.807, 2.05) is 13.8 Å². The van der Waals surface area contributed by atoms with E-state index in [4.69, 9.17) is 4.52 Å². The van der Waals surface area contributed by atoms with Gasteiger partial charge in [-0.1, -0.05) is 5.16 Å². The second-order valence-corrected chi connectivity index (χ2v) is 3.52. The predicted molar refractivity (Wildman–Crippen MR) is 57.5 cm³/mol. The van der Waals surface area contributed by atoms with Gasteiger partial charge in [0.25, 0.3) is 0 Å². The number of aryl methyl sites for hydroxylation is 2. The Bertz CT molecular complexity index is 459. The predicted octanol–water partition coefficient (Wildman–Crippen LogP) is 2.44. The molecule has 0 spiro atoms. The lowest BCUT2D eigenvalue weighted by molar-refractivity contribution is 0.392. The first kappa shape index (κ1) is 10.6. The van der Waals surface area contributed by atoms with Crippen LogP contribution in [0.1, 0.15) is 17.0 Å². The molecular weight excluding hydrogens is 209 g/mol. The number of pyridine rings is 1. The quantitative estimate of drug-likeness (QED) is 0.864.